The van der Waals surface area contributed by atoms with Gasteiger partial charge < -0.3 is 19.5 Å². The first-order valence-corrected chi connectivity index (χ1v) is 9.18. The average molecular weight is 359 g/mol. The van der Waals surface area contributed by atoms with E-state index >= 15 is 0 Å². The van der Waals surface area contributed by atoms with Crippen LogP contribution in [0.25, 0.3) is 10.9 Å². The number of anilines is 1. The average Bonchev–Trinajstić information content (AvgIpc) is 3.41. The highest BCUT2D eigenvalue weighted by atomic mass is 31.0. The summed E-state index contributed by atoms with van der Waals surface area (Å²) >= 11 is 0. The van der Waals surface area contributed by atoms with Crippen molar-refractivity contribution in [2.75, 3.05) is 38.1 Å². The number of carbonyl (C=O) groups is 1. The standard InChI is InChI=1S/C18H22N3O3P/c1-19-4-6-20(7-5-19)15-9-14-12(8-16(15)25)17(22)13(18(23)24)10-21(14)11-2-3-11/h8-11H,2-7,25H2,1H3,(H,23,24). The van der Waals surface area contributed by atoms with E-state index in [-0.39, 0.29) is 5.56 Å². The van der Waals surface area contributed by atoms with E-state index in [9.17, 15) is 14.7 Å². The number of nitrogens with zero attached hydrogens (tertiary/aromatic N) is 3. The second-order valence-corrected chi connectivity index (χ2v) is 7.66. The second-order valence-electron chi connectivity index (χ2n) is 7.03. The minimum Gasteiger partial charge on any atom is -0.477 e. The fourth-order valence-corrected chi connectivity index (χ4v) is 3.96. The van der Waals surface area contributed by atoms with Crippen LogP contribution in [-0.4, -0.2) is 53.8 Å². The van der Waals surface area contributed by atoms with Gasteiger partial charge in [0.15, 0.2) is 0 Å². The highest BCUT2D eigenvalue weighted by molar-refractivity contribution is 7.28. The number of likely N-dealkylation sites (N-methyl/N-ethyl adjacent to an activating group) is 1. The molecule has 1 aliphatic carbocycles. The highest BCUT2D eigenvalue weighted by Gasteiger charge is 2.27. The zero-order chi connectivity index (χ0) is 17.7. The third kappa shape index (κ3) is 2.94. The van der Waals surface area contributed by atoms with Crippen LogP contribution in [0.5, 0.6) is 0 Å². The van der Waals surface area contributed by atoms with Crippen LogP contribution in [0.1, 0.15) is 29.2 Å². The Morgan fingerprint density at radius 2 is 1.88 bits per heavy atom. The van der Waals surface area contributed by atoms with Crippen LogP contribution in [-0.2, 0) is 0 Å². The van der Waals surface area contributed by atoms with E-state index in [0.29, 0.717) is 11.4 Å². The predicted molar refractivity (Wildman–Crippen MR) is 102 cm³/mol. The van der Waals surface area contributed by atoms with E-state index in [4.69, 9.17) is 0 Å². The Morgan fingerprint density at radius 3 is 2.48 bits per heavy atom. The van der Waals surface area contributed by atoms with Crippen LogP contribution in [0.3, 0.4) is 0 Å². The number of aromatic carboxylic acids is 1. The molecular weight excluding hydrogens is 337 g/mol. The largest absolute Gasteiger partial charge is 0.477 e. The zero-order valence-electron chi connectivity index (χ0n) is 14.2. The number of benzene rings is 1. The van der Waals surface area contributed by atoms with Crippen LogP contribution < -0.4 is 15.6 Å². The molecular formula is C18H22N3O3P. The molecule has 2 heterocycles. The van der Waals surface area contributed by atoms with Gasteiger partial charge in [-0.2, -0.15) is 0 Å². The molecule has 0 radical (unpaired) electrons. The van der Waals surface area contributed by atoms with E-state index < -0.39 is 11.4 Å². The Bertz CT molecular complexity index is 912. The van der Waals surface area contributed by atoms with Crippen molar-refractivity contribution < 1.29 is 9.90 Å². The SMILES string of the molecule is CN1CCN(c2cc3c(cc2P)c(=O)c(C(=O)O)cn3C2CC2)CC1. The topological polar surface area (TPSA) is 65.8 Å². The third-order valence-electron chi connectivity index (χ3n) is 5.20. The summed E-state index contributed by atoms with van der Waals surface area (Å²) in [5, 5.41) is 10.8. The molecule has 4 rings (SSSR count). The zero-order valence-corrected chi connectivity index (χ0v) is 15.4. The molecule has 6 nitrogen and oxygen atoms in total. The molecule has 25 heavy (non-hydrogen) atoms. The van der Waals surface area contributed by atoms with Gasteiger partial charge in [0, 0.05) is 49.5 Å². The normalized spacial score (nSPS) is 18.7. The summed E-state index contributed by atoms with van der Waals surface area (Å²) in [7, 11) is 4.83. The minimum absolute atomic E-state index is 0.142. The lowest BCUT2D eigenvalue weighted by molar-refractivity contribution is 0.0695. The number of carboxylic acids is 1. The first-order valence-electron chi connectivity index (χ1n) is 8.61. The Balaban J connectivity index is 1.90. The van der Waals surface area contributed by atoms with Gasteiger partial charge >= 0.3 is 5.97 Å². The second kappa shape index (κ2) is 6.11. The van der Waals surface area contributed by atoms with E-state index in [1.807, 2.05) is 10.6 Å². The lowest BCUT2D eigenvalue weighted by Crippen LogP contribution is -2.45. The fourth-order valence-electron chi connectivity index (χ4n) is 3.53. The Morgan fingerprint density at radius 1 is 1.20 bits per heavy atom. The van der Waals surface area contributed by atoms with Crippen molar-refractivity contribution in [1.82, 2.24) is 9.47 Å². The van der Waals surface area contributed by atoms with E-state index in [0.717, 1.165) is 55.5 Å². The first-order chi connectivity index (χ1) is 12.0. The van der Waals surface area contributed by atoms with Gasteiger partial charge in [0.05, 0.1) is 5.52 Å². The molecule has 2 aliphatic rings. The van der Waals surface area contributed by atoms with Gasteiger partial charge in [0.2, 0.25) is 5.43 Å². The number of hydrogen-bond acceptors (Lipinski definition) is 4. The van der Waals surface area contributed by atoms with E-state index in [1.165, 1.54) is 6.20 Å². The van der Waals surface area contributed by atoms with Gasteiger partial charge in [-0.3, -0.25) is 4.79 Å². The monoisotopic (exact) mass is 359 g/mol. The van der Waals surface area contributed by atoms with Gasteiger partial charge in [-0.25, -0.2) is 4.79 Å². The van der Waals surface area contributed by atoms with Crippen molar-refractivity contribution in [2.45, 2.75) is 18.9 Å². The highest BCUT2D eigenvalue weighted by Crippen LogP contribution is 2.37. The van der Waals surface area contributed by atoms with Gasteiger partial charge in [0.1, 0.15) is 5.56 Å². The number of hydrogen-bond donors (Lipinski definition) is 1. The van der Waals surface area contributed by atoms with Crippen LogP contribution in [0, 0.1) is 0 Å². The van der Waals surface area contributed by atoms with Crippen molar-refractivity contribution >= 4 is 37.1 Å². The Kier molecular flexibility index (Phi) is 4.05. The van der Waals surface area contributed by atoms with Gasteiger partial charge in [0.25, 0.3) is 0 Å². The van der Waals surface area contributed by atoms with Crippen LogP contribution in [0.15, 0.2) is 23.1 Å². The van der Waals surface area contributed by atoms with Crippen molar-refractivity contribution in [3.05, 3.63) is 34.1 Å². The van der Waals surface area contributed by atoms with Crippen molar-refractivity contribution in [3.8, 4) is 0 Å². The van der Waals surface area contributed by atoms with Crippen LogP contribution in [0.4, 0.5) is 5.69 Å². The molecule has 1 atom stereocenters. The maximum atomic E-state index is 12.6. The molecule has 1 aliphatic heterocycles. The quantitative estimate of drug-likeness (QED) is 0.837. The Hall–Kier alpha value is -1.91. The van der Waals surface area contributed by atoms with Crippen molar-refractivity contribution in [1.29, 1.82) is 0 Å². The molecule has 0 spiro atoms. The fraction of sp³-hybridized carbons (Fsp3) is 0.444. The van der Waals surface area contributed by atoms with E-state index in [1.54, 1.807) is 0 Å². The summed E-state index contributed by atoms with van der Waals surface area (Å²) in [5.74, 6) is -1.16. The maximum Gasteiger partial charge on any atom is 0.341 e. The summed E-state index contributed by atoms with van der Waals surface area (Å²) < 4.78 is 1.99. The molecule has 1 aromatic carbocycles. The molecule has 2 fully saturated rings. The summed E-state index contributed by atoms with van der Waals surface area (Å²) in [6, 6.07) is 4.20. The summed E-state index contributed by atoms with van der Waals surface area (Å²) in [6.07, 6.45) is 3.59. The van der Waals surface area contributed by atoms with Gasteiger partial charge in [-0.1, -0.05) is 0 Å². The lowest BCUT2D eigenvalue weighted by Gasteiger charge is -2.35. The number of piperazine rings is 1. The van der Waals surface area contributed by atoms with Gasteiger partial charge in [-0.05, 0) is 37.3 Å². The molecule has 1 aromatic heterocycles. The molecule has 132 valence electrons. The molecule has 7 heteroatoms. The van der Waals surface area contributed by atoms with Crippen LogP contribution >= 0.6 is 9.24 Å². The molecule has 1 saturated carbocycles. The molecule has 1 unspecified atom stereocenters. The van der Waals surface area contributed by atoms with Gasteiger partial charge in [-0.15, -0.1) is 9.24 Å². The summed E-state index contributed by atoms with van der Waals surface area (Å²) in [4.78, 5) is 28.7. The predicted octanol–water partition coefficient (Wildman–Crippen LogP) is 1.29. The number of fused-ring (bicyclic) bond motifs is 1. The summed E-state index contributed by atoms with van der Waals surface area (Å²) in [6.45, 7) is 3.92. The number of pyridine rings is 1. The molecule has 0 amide bonds. The minimum atomic E-state index is -1.16. The number of aromatic nitrogens is 1. The lowest BCUT2D eigenvalue weighted by atomic mass is 10.1. The molecule has 0 bridgehead atoms. The molecule has 1 saturated heterocycles. The first kappa shape index (κ1) is 16.6. The maximum absolute atomic E-state index is 12.6. The molecule has 2 aromatic rings. The smallest absolute Gasteiger partial charge is 0.341 e. The van der Waals surface area contributed by atoms with Crippen molar-refractivity contribution in [2.24, 2.45) is 0 Å². The Labute approximate surface area is 148 Å². The van der Waals surface area contributed by atoms with E-state index in [2.05, 4.69) is 32.2 Å². The molecule has 1 N–H and O–H groups in total. The van der Waals surface area contributed by atoms with Crippen molar-refractivity contribution in [3.63, 3.8) is 0 Å². The third-order valence-corrected chi connectivity index (χ3v) is 5.66. The number of carboxylic acid groups (broad SMARTS) is 1. The summed E-state index contributed by atoms with van der Waals surface area (Å²) in [5.41, 5.74) is 1.42. The van der Waals surface area contributed by atoms with Crippen LogP contribution in [0.2, 0.25) is 0 Å². The number of rotatable bonds is 3.